The topological polar surface area (TPSA) is 38.0 Å². The Morgan fingerprint density at radius 1 is 1.17 bits per heavy atom. The molecule has 0 amide bonds. The van der Waals surface area contributed by atoms with E-state index in [-0.39, 0.29) is 0 Å². The van der Waals surface area contributed by atoms with Gasteiger partial charge in [0.15, 0.2) is 0 Å². The van der Waals surface area contributed by atoms with Crippen LogP contribution < -0.4 is 11.1 Å². The van der Waals surface area contributed by atoms with E-state index in [1.165, 1.54) is 6.07 Å². The molecule has 0 aliphatic heterocycles. The lowest BCUT2D eigenvalue weighted by atomic mass is 10.2. The first-order valence-electron chi connectivity index (χ1n) is 4.94. The molecule has 0 aliphatic rings. The molecular weight excluding hydrogens is 386 g/mol. The third kappa shape index (κ3) is 2.79. The molecule has 0 heterocycles. The highest BCUT2D eigenvalue weighted by atomic mass is 79.9. The summed E-state index contributed by atoms with van der Waals surface area (Å²) < 4.78 is 14.3. The molecule has 0 saturated heterocycles. The van der Waals surface area contributed by atoms with Crippen molar-refractivity contribution in [3.8, 4) is 0 Å². The average Bonchev–Trinajstić information content (AvgIpc) is 2.32. The monoisotopic (exact) mass is 392 g/mol. The van der Waals surface area contributed by atoms with Crippen LogP contribution in [0.25, 0.3) is 0 Å². The van der Waals surface area contributed by atoms with Crippen molar-refractivity contribution in [1.82, 2.24) is 0 Å². The first-order valence-corrected chi connectivity index (χ1v) is 6.91. The van der Waals surface area contributed by atoms with Gasteiger partial charge in [0.2, 0.25) is 0 Å². The molecule has 0 saturated carbocycles. The first kappa shape index (κ1) is 13.6. The van der Waals surface area contributed by atoms with E-state index in [4.69, 9.17) is 17.3 Å². The Morgan fingerprint density at radius 2 is 1.89 bits per heavy atom. The van der Waals surface area contributed by atoms with Crippen molar-refractivity contribution >= 4 is 60.5 Å². The third-order valence-corrected chi connectivity index (χ3v) is 4.32. The second kappa shape index (κ2) is 5.47. The van der Waals surface area contributed by atoms with Crippen molar-refractivity contribution < 1.29 is 4.39 Å². The molecule has 0 atom stereocenters. The van der Waals surface area contributed by atoms with Crippen molar-refractivity contribution in [1.29, 1.82) is 0 Å². The number of nitrogen functional groups attached to an aromatic ring is 1. The summed E-state index contributed by atoms with van der Waals surface area (Å²) in [6.07, 6.45) is 0. The molecule has 0 radical (unpaired) electrons. The van der Waals surface area contributed by atoms with Crippen molar-refractivity contribution in [2.24, 2.45) is 0 Å². The predicted octanol–water partition coefficient (Wildman–Crippen LogP) is 5.33. The van der Waals surface area contributed by atoms with E-state index in [9.17, 15) is 4.39 Å². The van der Waals surface area contributed by atoms with Crippen LogP contribution in [0.15, 0.2) is 39.3 Å². The summed E-state index contributed by atoms with van der Waals surface area (Å²) in [4.78, 5) is 0. The van der Waals surface area contributed by atoms with Gasteiger partial charge < -0.3 is 11.1 Å². The standard InChI is InChI=1S/C12H8Br2ClFN2/c13-6-4-11(9(17)5-8(6)16)18-10-3-1-2-7(15)12(10)14/h1-5,18H,17H2. The minimum Gasteiger partial charge on any atom is -0.397 e. The highest BCUT2D eigenvalue weighted by Gasteiger charge is 2.09. The molecule has 0 unspecified atom stereocenters. The fourth-order valence-electron chi connectivity index (χ4n) is 1.42. The normalized spacial score (nSPS) is 10.4. The average molecular weight is 394 g/mol. The summed E-state index contributed by atoms with van der Waals surface area (Å²) in [5.41, 5.74) is 7.44. The summed E-state index contributed by atoms with van der Waals surface area (Å²) in [6.45, 7) is 0. The van der Waals surface area contributed by atoms with Gasteiger partial charge in [0.05, 0.1) is 31.0 Å². The van der Waals surface area contributed by atoms with Crippen LogP contribution >= 0.6 is 43.5 Å². The summed E-state index contributed by atoms with van der Waals surface area (Å²) in [5, 5.41) is 3.68. The summed E-state index contributed by atoms with van der Waals surface area (Å²) >= 11 is 12.5. The van der Waals surface area contributed by atoms with E-state index >= 15 is 0 Å². The predicted molar refractivity (Wildman–Crippen MR) is 80.9 cm³/mol. The molecule has 0 aromatic heterocycles. The SMILES string of the molecule is Nc1cc(F)c(Br)cc1Nc1cccc(Cl)c1Br. The summed E-state index contributed by atoms with van der Waals surface area (Å²) in [6, 6.07) is 8.25. The summed E-state index contributed by atoms with van der Waals surface area (Å²) in [5.74, 6) is -0.400. The zero-order valence-corrected chi connectivity index (χ0v) is 12.9. The van der Waals surface area contributed by atoms with Crippen LogP contribution in [0, 0.1) is 5.82 Å². The van der Waals surface area contributed by atoms with Crippen molar-refractivity contribution in [2.45, 2.75) is 0 Å². The Labute approximate surface area is 126 Å². The molecule has 6 heteroatoms. The Kier molecular flexibility index (Phi) is 4.14. The molecule has 2 rings (SSSR count). The van der Waals surface area contributed by atoms with E-state index in [0.29, 0.717) is 20.9 Å². The van der Waals surface area contributed by atoms with Crippen LogP contribution in [-0.2, 0) is 0 Å². The van der Waals surface area contributed by atoms with E-state index in [1.54, 1.807) is 12.1 Å². The highest BCUT2D eigenvalue weighted by Crippen LogP contribution is 2.35. The van der Waals surface area contributed by atoms with E-state index < -0.39 is 5.82 Å². The van der Waals surface area contributed by atoms with Crippen molar-refractivity contribution in [2.75, 3.05) is 11.1 Å². The van der Waals surface area contributed by atoms with Gasteiger partial charge >= 0.3 is 0 Å². The maximum atomic E-state index is 13.3. The molecule has 2 nitrogen and oxygen atoms in total. The van der Waals surface area contributed by atoms with Gasteiger partial charge in [0.1, 0.15) is 5.82 Å². The van der Waals surface area contributed by atoms with Crippen LogP contribution in [0.2, 0.25) is 5.02 Å². The second-order valence-electron chi connectivity index (χ2n) is 3.58. The Balaban J connectivity index is 2.40. The molecule has 94 valence electrons. The first-order chi connectivity index (χ1) is 8.49. The maximum absolute atomic E-state index is 13.3. The molecule has 0 spiro atoms. The zero-order chi connectivity index (χ0) is 13.3. The minimum atomic E-state index is -0.400. The van der Waals surface area contributed by atoms with Crippen LogP contribution in [0.4, 0.5) is 21.5 Å². The molecule has 0 fully saturated rings. The lowest BCUT2D eigenvalue weighted by Crippen LogP contribution is -1.98. The largest absolute Gasteiger partial charge is 0.397 e. The van der Waals surface area contributed by atoms with Gasteiger partial charge in [-0.1, -0.05) is 17.7 Å². The smallest absolute Gasteiger partial charge is 0.139 e. The number of halogens is 4. The maximum Gasteiger partial charge on any atom is 0.139 e. The Morgan fingerprint density at radius 3 is 2.61 bits per heavy atom. The molecule has 2 aromatic rings. The van der Waals surface area contributed by atoms with Crippen molar-refractivity contribution in [3.63, 3.8) is 0 Å². The number of benzene rings is 2. The Hall–Kier alpha value is -0.780. The van der Waals surface area contributed by atoms with Gasteiger partial charge in [-0.25, -0.2) is 4.39 Å². The van der Waals surface area contributed by atoms with Gasteiger partial charge in [-0.05, 0) is 50.1 Å². The molecule has 3 N–H and O–H groups in total. The van der Waals surface area contributed by atoms with Gasteiger partial charge in [-0.2, -0.15) is 0 Å². The second-order valence-corrected chi connectivity index (χ2v) is 5.63. The van der Waals surface area contributed by atoms with Crippen LogP contribution in [0.3, 0.4) is 0 Å². The lowest BCUT2D eigenvalue weighted by Gasteiger charge is -2.12. The van der Waals surface area contributed by atoms with E-state index in [2.05, 4.69) is 37.2 Å². The van der Waals surface area contributed by atoms with E-state index in [1.807, 2.05) is 12.1 Å². The lowest BCUT2D eigenvalue weighted by molar-refractivity contribution is 0.622. The van der Waals surface area contributed by atoms with Gasteiger partial charge in [0.25, 0.3) is 0 Å². The minimum absolute atomic E-state index is 0.322. The Bertz CT molecular complexity index is 605. The molecular formula is C12H8Br2ClFN2. The number of rotatable bonds is 2. The highest BCUT2D eigenvalue weighted by molar-refractivity contribution is 9.11. The fourth-order valence-corrected chi connectivity index (χ4v) is 2.30. The van der Waals surface area contributed by atoms with Crippen molar-refractivity contribution in [3.05, 3.63) is 50.1 Å². The van der Waals surface area contributed by atoms with Gasteiger partial charge in [-0.3, -0.25) is 0 Å². The molecule has 0 aliphatic carbocycles. The van der Waals surface area contributed by atoms with Crippen LogP contribution in [0.1, 0.15) is 0 Å². The van der Waals surface area contributed by atoms with Crippen LogP contribution in [-0.4, -0.2) is 0 Å². The number of hydrogen-bond donors (Lipinski definition) is 2. The number of nitrogens with two attached hydrogens (primary N) is 1. The fraction of sp³-hybridized carbons (Fsp3) is 0. The molecule has 0 bridgehead atoms. The van der Waals surface area contributed by atoms with Crippen LogP contribution in [0.5, 0.6) is 0 Å². The van der Waals surface area contributed by atoms with E-state index in [0.717, 1.165) is 10.2 Å². The number of anilines is 3. The summed E-state index contributed by atoms with van der Waals surface area (Å²) in [7, 11) is 0. The number of nitrogens with one attached hydrogen (secondary N) is 1. The third-order valence-electron chi connectivity index (χ3n) is 2.31. The molecule has 18 heavy (non-hydrogen) atoms. The van der Waals surface area contributed by atoms with Gasteiger partial charge in [-0.15, -0.1) is 0 Å². The molecule has 2 aromatic carbocycles. The zero-order valence-electron chi connectivity index (χ0n) is 8.98. The number of hydrogen-bond acceptors (Lipinski definition) is 2. The van der Waals surface area contributed by atoms with Gasteiger partial charge in [0, 0.05) is 6.07 Å². The quantitative estimate of drug-likeness (QED) is 0.676.